The summed E-state index contributed by atoms with van der Waals surface area (Å²) in [5.41, 5.74) is 1.41. The van der Waals surface area contributed by atoms with Crippen LogP contribution in [0, 0.1) is 0 Å². The molecule has 130 valence electrons. The van der Waals surface area contributed by atoms with E-state index < -0.39 is 12.0 Å². The zero-order valence-electron chi connectivity index (χ0n) is 14.1. The molecular formula is C19H21N3O3. The van der Waals surface area contributed by atoms with Crippen LogP contribution < -0.4 is 4.90 Å². The van der Waals surface area contributed by atoms with E-state index in [4.69, 9.17) is 0 Å². The van der Waals surface area contributed by atoms with E-state index in [-0.39, 0.29) is 5.91 Å². The van der Waals surface area contributed by atoms with Crippen LogP contribution >= 0.6 is 0 Å². The molecular weight excluding hydrogens is 318 g/mol. The van der Waals surface area contributed by atoms with Crippen LogP contribution in [0.4, 0.5) is 11.5 Å². The molecule has 0 saturated carbocycles. The number of piperidine rings is 1. The number of carboxylic acid groups (broad SMARTS) is 1. The monoisotopic (exact) mass is 339 g/mol. The predicted octanol–water partition coefficient (Wildman–Crippen LogP) is 2.93. The van der Waals surface area contributed by atoms with Gasteiger partial charge in [-0.25, -0.2) is 9.78 Å². The van der Waals surface area contributed by atoms with Gasteiger partial charge in [0.15, 0.2) is 0 Å². The molecule has 2 heterocycles. The van der Waals surface area contributed by atoms with Gasteiger partial charge in [-0.2, -0.15) is 0 Å². The molecule has 1 amide bonds. The van der Waals surface area contributed by atoms with Crippen molar-refractivity contribution >= 4 is 23.4 Å². The predicted molar refractivity (Wildman–Crippen MR) is 95.1 cm³/mol. The Morgan fingerprint density at radius 2 is 1.92 bits per heavy atom. The van der Waals surface area contributed by atoms with E-state index in [0.717, 1.165) is 24.3 Å². The molecule has 0 radical (unpaired) electrons. The van der Waals surface area contributed by atoms with Gasteiger partial charge in [0.05, 0.1) is 5.56 Å². The Morgan fingerprint density at radius 3 is 2.56 bits per heavy atom. The molecule has 6 nitrogen and oxygen atoms in total. The van der Waals surface area contributed by atoms with Crippen molar-refractivity contribution < 1.29 is 14.7 Å². The summed E-state index contributed by atoms with van der Waals surface area (Å²) in [6.07, 6.45) is 3.69. The number of amides is 1. The van der Waals surface area contributed by atoms with E-state index in [2.05, 4.69) is 4.98 Å². The first-order valence-corrected chi connectivity index (χ1v) is 8.36. The molecule has 1 saturated heterocycles. The van der Waals surface area contributed by atoms with Gasteiger partial charge >= 0.3 is 5.97 Å². The maximum Gasteiger partial charge on any atom is 0.326 e. The Balaban J connectivity index is 1.77. The van der Waals surface area contributed by atoms with Crippen molar-refractivity contribution in [3.8, 4) is 0 Å². The molecule has 1 aliphatic heterocycles. The number of rotatable bonds is 4. The first kappa shape index (κ1) is 17.0. The van der Waals surface area contributed by atoms with Crippen molar-refractivity contribution in [1.82, 2.24) is 9.88 Å². The quantitative estimate of drug-likeness (QED) is 0.927. The second-order valence-corrected chi connectivity index (χ2v) is 6.15. The molecule has 3 rings (SSSR count). The van der Waals surface area contributed by atoms with Crippen LogP contribution in [0.25, 0.3) is 0 Å². The van der Waals surface area contributed by atoms with Crippen molar-refractivity contribution in [2.75, 3.05) is 18.5 Å². The summed E-state index contributed by atoms with van der Waals surface area (Å²) in [6, 6.07) is 12.5. The third-order valence-electron chi connectivity index (χ3n) is 4.53. The van der Waals surface area contributed by atoms with Gasteiger partial charge < -0.3 is 14.9 Å². The molecule has 25 heavy (non-hydrogen) atoms. The highest BCUT2D eigenvalue weighted by Gasteiger charge is 2.32. The van der Waals surface area contributed by atoms with Gasteiger partial charge in [-0.05, 0) is 43.5 Å². The van der Waals surface area contributed by atoms with Crippen molar-refractivity contribution in [1.29, 1.82) is 0 Å². The largest absolute Gasteiger partial charge is 0.480 e. The fourth-order valence-corrected chi connectivity index (χ4v) is 3.09. The summed E-state index contributed by atoms with van der Waals surface area (Å²) >= 11 is 0. The normalized spacial score (nSPS) is 17.2. The molecule has 1 fully saturated rings. The Morgan fingerprint density at radius 1 is 1.16 bits per heavy atom. The highest BCUT2D eigenvalue weighted by molar-refractivity contribution is 5.96. The van der Waals surface area contributed by atoms with Crippen molar-refractivity contribution in [3.63, 3.8) is 0 Å². The van der Waals surface area contributed by atoms with Crippen LogP contribution in [-0.2, 0) is 4.79 Å². The van der Waals surface area contributed by atoms with E-state index in [1.807, 2.05) is 42.3 Å². The summed E-state index contributed by atoms with van der Waals surface area (Å²) in [7, 11) is 1.91. The number of carbonyl (C=O) groups is 2. The zero-order chi connectivity index (χ0) is 17.8. The van der Waals surface area contributed by atoms with E-state index in [1.54, 1.807) is 12.1 Å². The van der Waals surface area contributed by atoms with Gasteiger partial charge in [-0.3, -0.25) is 4.79 Å². The van der Waals surface area contributed by atoms with Crippen LogP contribution in [-0.4, -0.2) is 46.5 Å². The van der Waals surface area contributed by atoms with Crippen LogP contribution in [0.5, 0.6) is 0 Å². The van der Waals surface area contributed by atoms with Gasteiger partial charge in [0.25, 0.3) is 5.91 Å². The second kappa shape index (κ2) is 7.34. The number of para-hydroxylation sites is 1. The summed E-state index contributed by atoms with van der Waals surface area (Å²) in [5.74, 6) is -0.494. The van der Waals surface area contributed by atoms with E-state index in [0.29, 0.717) is 18.5 Å². The molecule has 0 bridgehead atoms. The third kappa shape index (κ3) is 3.63. The number of carboxylic acids is 1. The molecule has 2 aromatic rings. The lowest BCUT2D eigenvalue weighted by atomic mass is 10.0. The maximum atomic E-state index is 12.7. The van der Waals surface area contributed by atoms with Gasteiger partial charge in [-0.1, -0.05) is 18.2 Å². The number of aromatic nitrogens is 1. The molecule has 1 aromatic carbocycles. The SMILES string of the molecule is CN(c1ccccc1)c1ccc(C(=O)N2CCCCC2C(=O)O)cn1. The van der Waals surface area contributed by atoms with Crippen LogP contribution in [0.2, 0.25) is 0 Å². The van der Waals surface area contributed by atoms with Crippen LogP contribution in [0.15, 0.2) is 48.7 Å². The smallest absolute Gasteiger partial charge is 0.326 e. The fraction of sp³-hybridized carbons (Fsp3) is 0.316. The molecule has 1 N–H and O–H groups in total. The summed E-state index contributed by atoms with van der Waals surface area (Å²) in [6.45, 7) is 0.474. The summed E-state index contributed by atoms with van der Waals surface area (Å²) < 4.78 is 0. The number of likely N-dealkylation sites (tertiary alicyclic amines) is 1. The zero-order valence-corrected chi connectivity index (χ0v) is 14.1. The Labute approximate surface area is 146 Å². The standard InChI is InChI=1S/C19H21N3O3/c1-21(15-7-3-2-4-8-15)17-11-10-14(13-20-17)18(23)22-12-6-5-9-16(22)19(24)25/h2-4,7-8,10-11,13,16H,5-6,9,12H2,1H3,(H,24,25). The minimum Gasteiger partial charge on any atom is -0.480 e. The summed E-state index contributed by atoms with van der Waals surface area (Å²) in [5, 5.41) is 9.33. The average Bonchev–Trinajstić information content (AvgIpc) is 2.67. The highest BCUT2D eigenvalue weighted by atomic mass is 16.4. The minimum atomic E-state index is -0.943. The van der Waals surface area contributed by atoms with Crippen LogP contribution in [0.3, 0.4) is 0 Å². The molecule has 1 atom stereocenters. The van der Waals surface area contributed by atoms with E-state index in [1.165, 1.54) is 11.1 Å². The Hall–Kier alpha value is -2.89. The lowest BCUT2D eigenvalue weighted by Gasteiger charge is -2.33. The first-order valence-electron chi connectivity index (χ1n) is 8.36. The second-order valence-electron chi connectivity index (χ2n) is 6.15. The molecule has 1 aromatic heterocycles. The number of carbonyl (C=O) groups excluding carboxylic acids is 1. The van der Waals surface area contributed by atoms with E-state index >= 15 is 0 Å². The lowest BCUT2D eigenvalue weighted by Crippen LogP contribution is -2.48. The Bertz CT molecular complexity index is 746. The minimum absolute atomic E-state index is 0.270. The summed E-state index contributed by atoms with van der Waals surface area (Å²) in [4.78, 5) is 31.8. The van der Waals surface area contributed by atoms with Crippen molar-refractivity contribution in [2.45, 2.75) is 25.3 Å². The van der Waals surface area contributed by atoms with Gasteiger partial charge in [0.2, 0.25) is 0 Å². The third-order valence-corrected chi connectivity index (χ3v) is 4.53. The fourth-order valence-electron chi connectivity index (χ4n) is 3.09. The molecule has 0 aliphatic carbocycles. The molecule has 0 spiro atoms. The highest BCUT2D eigenvalue weighted by Crippen LogP contribution is 2.23. The average molecular weight is 339 g/mol. The van der Waals surface area contributed by atoms with Crippen molar-refractivity contribution in [2.24, 2.45) is 0 Å². The van der Waals surface area contributed by atoms with E-state index in [9.17, 15) is 14.7 Å². The lowest BCUT2D eigenvalue weighted by molar-refractivity contribution is -0.143. The van der Waals surface area contributed by atoms with Crippen LogP contribution in [0.1, 0.15) is 29.6 Å². The molecule has 6 heteroatoms. The molecule has 1 unspecified atom stereocenters. The number of pyridine rings is 1. The topological polar surface area (TPSA) is 73.7 Å². The number of benzene rings is 1. The Kier molecular flexibility index (Phi) is 4.97. The number of hydrogen-bond acceptors (Lipinski definition) is 4. The number of anilines is 2. The molecule has 1 aliphatic rings. The number of hydrogen-bond donors (Lipinski definition) is 1. The van der Waals surface area contributed by atoms with Gasteiger partial charge in [-0.15, -0.1) is 0 Å². The van der Waals surface area contributed by atoms with Gasteiger partial charge in [0, 0.05) is 25.5 Å². The number of aliphatic carboxylic acids is 1. The van der Waals surface area contributed by atoms with Crippen molar-refractivity contribution in [3.05, 3.63) is 54.2 Å². The maximum absolute atomic E-state index is 12.7. The van der Waals surface area contributed by atoms with Gasteiger partial charge in [0.1, 0.15) is 11.9 Å². The first-order chi connectivity index (χ1) is 12.1. The number of nitrogens with zero attached hydrogens (tertiary/aromatic N) is 3.